The van der Waals surface area contributed by atoms with E-state index >= 15 is 0 Å². The van der Waals surface area contributed by atoms with Gasteiger partial charge in [-0.3, -0.25) is 4.68 Å². The lowest BCUT2D eigenvalue weighted by Crippen LogP contribution is -3.00. The van der Waals surface area contributed by atoms with E-state index in [-0.39, 0.29) is 18.5 Å². The quantitative estimate of drug-likeness (QED) is 0.665. The third-order valence-electron chi connectivity index (χ3n) is 3.56. The van der Waals surface area contributed by atoms with Crippen molar-refractivity contribution >= 4 is 10.9 Å². The van der Waals surface area contributed by atoms with Gasteiger partial charge in [0.05, 0.1) is 31.4 Å². The molecule has 2 atom stereocenters. The summed E-state index contributed by atoms with van der Waals surface area (Å²) in [5.41, 5.74) is 2.30. The van der Waals surface area contributed by atoms with Crippen molar-refractivity contribution in [1.29, 1.82) is 0 Å². The Labute approximate surface area is 113 Å². The van der Waals surface area contributed by atoms with Gasteiger partial charge in [0.15, 0.2) is 6.10 Å². The number of fused-ring (bicyclic) bond motifs is 3. The summed E-state index contributed by atoms with van der Waals surface area (Å²) in [5, 5.41) is 8.07. The first-order chi connectivity index (χ1) is 8.31. The Morgan fingerprint density at radius 3 is 3.00 bits per heavy atom. The fraction of sp³-hybridized carbons (Fsp3) is 0.462. The number of ether oxygens (including phenoxy) is 1. The summed E-state index contributed by atoms with van der Waals surface area (Å²) in [6.07, 6.45) is 0.140. The van der Waals surface area contributed by atoms with E-state index in [4.69, 9.17) is 4.74 Å². The first-order valence-corrected chi connectivity index (χ1v) is 6.18. The maximum absolute atomic E-state index is 5.93. The number of nitrogens with zero attached hydrogens (tertiary/aromatic N) is 2. The molecule has 0 saturated carbocycles. The van der Waals surface area contributed by atoms with Gasteiger partial charge in [-0.1, -0.05) is 18.2 Å². The van der Waals surface area contributed by atoms with Crippen LogP contribution in [0.25, 0.3) is 10.9 Å². The van der Waals surface area contributed by atoms with Crippen LogP contribution in [0, 0.1) is 0 Å². The first-order valence-electron chi connectivity index (χ1n) is 6.18. The zero-order valence-corrected chi connectivity index (χ0v) is 11.4. The van der Waals surface area contributed by atoms with E-state index in [2.05, 4.69) is 47.3 Å². The highest BCUT2D eigenvalue weighted by Gasteiger charge is 2.30. The summed E-state index contributed by atoms with van der Waals surface area (Å²) >= 11 is 0. The maximum atomic E-state index is 5.93. The SMILES string of the molecule is C[NH2+][C@@H](C)[C@H]1OCCn2nc3ccccc3c21.[Cl-]. The molecule has 18 heavy (non-hydrogen) atoms. The number of hydrogen-bond donors (Lipinski definition) is 1. The number of likely N-dealkylation sites (N-methyl/N-ethyl adjacent to an activating group) is 1. The number of aromatic nitrogens is 2. The van der Waals surface area contributed by atoms with Gasteiger partial charge in [0, 0.05) is 5.39 Å². The molecule has 4 nitrogen and oxygen atoms in total. The minimum absolute atomic E-state index is 0. The number of halogens is 1. The lowest BCUT2D eigenvalue weighted by atomic mass is 10.0. The molecule has 98 valence electrons. The molecule has 5 heteroatoms. The second-order valence-electron chi connectivity index (χ2n) is 4.61. The molecule has 3 rings (SSSR count). The lowest BCUT2D eigenvalue weighted by molar-refractivity contribution is -0.670. The number of nitrogens with two attached hydrogens (primary N) is 1. The highest BCUT2D eigenvalue weighted by atomic mass is 35.5. The highest BCUT2D eigenvalue weighted by molar-refractivity contribution is 5.82. The fourth-order valence-corrected chi connectivity index (χ4v) is 2.49. The monoisotopic (exact) mass is 267 g/mol. The largest absolute Gasteiger partial charge is 1.00 e. The molecule has 2 N–H and O–H groups in total. The van der Waals surface area contributed by atoms with Crippen LogP contribution in [0.4, 0.5) is 0 Å². The highest BCUT2D eigenvalue weighted by Crippen LogP contribution is 2.30. The van der Waals surface area contributed by atoms with Crippen LogP contribution in [0.3, 0.4) is 0 Å². The van der Waals surface area contributed by atoms with E-state index < -0.39 is 0 Å². The Morgan fingerprint density at radius 2 is 2.22 bits per heavy atom. The Bertz CT molecular complexity index is 540. The Balaban J connectivity index is 0.00000120. The van der Waals surface area contributed by atoms with Crippen LogP contribution < -0.4 is 17.7 Å². The molecule has 0 unspecified atom stereocenters. The van der Waals surface area contributed by atoms with Crippen molar-refractivity contribution in [2.45, 2.75) is 25.6 Å². The summed E-state index contributed by atoms with van der Waals surface area (Å²) in [6.45, 7) is 3.81. The molecule has 1 aromatic carbocycles. The van der Waals surface area contributed by atoms with E-state index in [1.807, 2.05) is 6.07 Å². The third kappa shape index (κ3) is 2.00. The van der Waals surface area contributed by atoms with Gasteiger partial charge in [-0.2, -0.15) is 5.10 Å². The molecule has 2 heterocycles. The average molecular weight is 268 g/mol. The summed E-state index contributed by atoms with van der Waals surface area (Å²) in [5.74, 6) is 0. The maximum Gasteiger partial charge on any atom is 0.151 e. The van der Waals surface area contributed by atoms with E-state index in [1.54, 1.807) is 0 Å². The summed E-state index contributed by atoms with van der Waals surface area (Å²) in [7, 11) is 2.09. The topological polar surface area (TPSA) is 43.7 Å². The van der Waals surface area contributed by atoms with Crippen LogP contribution in [0.5, 0.6) is 0 Å². The molecule has 1 aromatic heterocycles. The summed E-state index contributed by atoms with van der Waals surface area (Å²) in [4.78, 5) is 0. The van der Waals surface area contributed by atoms with Gasteiger partial charge in [-0.05, 0) is 13.0 Å². The number of quaternary nitrogens is 1. The lowest BCUT2D eigenvalue weighted by Gasteiger charge is -2.27. The van der Waals surface area contributed by atoms with Gasteiger partial charge in [0.25, 0.3) is 0 Å². The van der Waals surface area contributed by atoms with Crippen molar-refractivity contribution in [3.8, 4) is 0 Å². The molecule has 0 spiro atoms. The van der Waals surface area contributed by atoms with E-state index in [0.29, 0.717) is 6.04 Å². The van der Waals surface area contributed by atoms with E-state index in [1.165, 1.54) is 11.1 Å². The van der Waals surface area contributed by atoms with Crippen LogP contribution in [0.1, 0.15) is 18.7 Å². The van der Waals surface area contributed by atoms with Crippen molar-refractivity contribution in [1.82, 2.24) is 9.78 Å². The van der Waals surface area contributed by atoms with Crippen LogP contribution in [0.2, 0.25) is 0 Å². The first kappa shape index (κ1) is 13.3. The van der Waals surface area contributed by atoms with Crippen LogP contribution in [-0.4, -0.2) is 29.5 Å². The molecule has 1 aliphatic heterocycles. The third-order valence-corrected chi connectivity index (χ3v) is 3.56. The van der Waals surface area contributed by atoms with E-state index in [0.717, 1.165) is 18.7 Å². The number of rotatable bonds is 2. The second kappa shape index (κ2) is 5.26. The molecule has 0 saturated heterocycles. The smallest absolute Gasteiger partial charge is 0.151 e. The minimum Gasteiger partial charge on any atom is -1.00 e. The van der Waals surface area contributed by atoms with Gasteiger partial charge >= 0.3 is 0 Å². The summed E-state index contributed by atoms with van der Waals surface area (Å²) < 4.78 is 8.04. The standard InChI is InChI=1S/C13H17N3O.ClH/c1-9(14-2)13-12-10-5-3-4-6-11(10)15-16(12)7-8-17-13;/h3-6,9,13-14H,7-8H2,1-2H3;1H/t9-,13+;/m0./s1. The molecule has 0 radical (unpaired) electrons. The zero-order valence-electron chi connectivity index (χ0n) is 10.6. The van der Waals surface area contributed by atoms with Crippen molar-refractivity contribution in [3.05, 3.63) is 30.0 Å². The second-order valence-corrected chi connectivity index (χ2v) is 4.61. The van der Waals surface area contributed by atoms with Crippen LogP contribution in [-0.2, 0) is 11.3 Å². The van der Waals surface area contributed by atoms with Gasteiger partial charge in [0.1, 0.15) is 6.04 Å². The van der Waals surface area contributed by atoms with E-state index in [9.17, 15) is 0 Å². The van der Waals surface area contributed by atoms with Crippen molar-refractivity contribution < 1.29 is 22.5 Å². The molecule has 1 aliphatic rings. The molecule has 0 amide bonds. The van der Waals surface area contributed by atoms with Gasteiger partial charge in [-0.25, -0.2) is 0 Å². The Morgan fingerprint density at radius 1 is 1.44 bits per heavy atom. The molecular weight excluding hydrogens is 250 g/mol. The van der Waals surface area contributed by atoms with Gasteiger partial charge in [0.2, 0.25) is 0 Å². The Hall–Kier alpha value is -1.10. The van der Waals surface area contributed by atoms with Crippen molar-refractivity contribution in [2.75, 3.05) is 13.7 Å². The molecule has 0 fully saturated rings. The molecular formula is C13H18ClN3O. The van der Waals surface area contributed by atoms with Crippen molar-refractivity contribution in [3.63, 3.8) is 0 Å². The number of hydrogen-bond acceptors (Lipinski definition) is 2. The molecule has 0 bridgehead atoms. The fourth-order valence-electron chi connectivity index (χ4n) is 2.49. The normalized spacial score (nSPS) is 20.2. The Kier molecular flexibility index (Phi) is 3.90. The molecule has 0 aliphatic carbocycles. The number of benzene rings is 1. The van der Waals surface area contributed by atoms with Gasteiger partial charge in [-0.15, -0.1) is 0 Å². The molecule has 2 aromatic rings. The van der Waals surface area contributed by atoms with Crippen molar-refractivity contribution in [2.24, 2.45) is 0 Å². The zero-order chi connectivity index (χ0) is 11.8. The predicted octanol–water partition coefficient (Wildman–Crippen LogP) is -2.31. The predicted molar refractivity (Wildman–Crippen MR) is 65.7 cm³/mol. The van der Waals surface area contributed by atoms with Crippen LogP contribution in [0.15, 0.2) is 24.3 Å². The average Bonchev–Trinajstić information content (AvgIpc) is 2.76. The summed E-state index contributed by atoms with van der Waals surface area (Å²) in [6, 6.07) is 8.72. The van der Waals surface area contributed by atoms with Crippen LogP contribution >= 0.6 is 0 Å². The van der Waals surface area contributed by atoms with Gasteiger partial charge < -0.3 is 22.5 Å². The minimum atomic E-state index is 0.